The quantitative estimate of drug-likeness (QED) is 0.172. The highest BCUT2D eigenvalue weighted by molar-refractivity contribution is 7.13. The van der Waals surface area contributed by atoms with E-state index in [1.54, 1.807) is 22.7 Å². The van der Waals surface area contributed by atoms with Crippen LogP contribution in [0.25, 0.3) is 119 Å². The van der Waals surface area contributed by atoms with Crippen molar-refractivity contribution in [3.8, 4) is 32.0 Å². The number of fused-ring (bicyclic) bond motifs is 12. The van der Waals surface area contributed by atoms with Gasteiger partial charge in [-0.05, 0) is 118 Å². The number of aromatic nitrogens is 4. The average molecular weight is 731 g/mol. The zero-order valence-electron chi connectivity index (χ0n) is 30.3. The van der Waals surface area contributed by atoms with Gasteiger partial charge in [-0.1, -0.05) is 36.4 Å². The molecule has 6 aromatic heterocycles. The van der Waals surface area contributed by atoms with Gasteiger partial charge in [-0.15, -0.1) is 22.7 Å². The molecule has 0 aliphatic carbocycles. The van der Waals surface area contributed by atoms with Gasteiger partial charge in [0, 0.05) is 125 Å². The van der Waals surface area contributed by atoms with Crippen molar-refractivity contribution in [1.29, 1.82) is 0 Å². The predicted octanol–water partition coefficient (Wildman–Crippen LogP) is 13.4. The Hall–Kier alpha value is -6.08. The van der Waals surface area contributed by atoms with Crippen molar-refractivity contribution in [2.24, 2.45) is 28.2 Å². The first-order valence-electron chi connectivity index (χ1n) is 18.4. The van der Waals surface area contributed by atoms with Crippen LogP contribution in [0.3, 0.4) is 0 Å². The molecule has 0 radical (unpaired) electrons. The minimum atomic E-state index is 1.23. The fourth-order valence-electron chi connectivity index (χ4n) is 9.37. The van der Waals surface area contributed by atoms with Crippen LogP contribution in [0.5, 0.6) is 0 Å². The van der Waals surface area contributed by atoms with E-state index in [9.17, 15) is 0 Å². The number of nitrogens with zero attached hydrogens (tertiary/aromatic N) is 4. The Morgan fingerprint density at radius 3 is 0.870 bits per heavy atom. The standard InChI is InChI=1S/C48H34N4S2/c1-49-39-13-9-27(19-31(39)35-23-45-37(25-43(35)49)33-21-29(47-7-5-17-53-47)11-15-41(33)51(45)3)28-10-14-40-32(20-28)36-24-46-38(26-44(36)50(40)2)34-22-30(48-8-6-18-54-48)12-16-42(34)52(46)4/h5-26H,1-4H3. The molecule has 0 bridgehead atoms. The van der Waals surface area contributed by atoms with Crippen LogP contribution in [0.4, 0.5) is 0 Å². The summed E-state index contributed by atoms with van der Waals surface area (Å²) in [5.74, 6) is 0. The molecule has 0 fully saturated rings. The second-order valence-corrected chi connectivity index (χ2v) is 16.8. The van der Waals surface area contributed by atoms with E-state index in [2.05, 4.69) is 179 Å². The number of rotatable bonds is 3. The van der Waals surface area contributed by atoms with Crippen LogP contribution in [0.1, 0.15) is 0 Å². The van der Waals surface area contributed by atoms with E-state index in [4.69, 9.17) is 0 Å². The van der Waals surface area contributed by atoms with Crippen LogP contribution in [0, 0.1) is 0 Å². The molecule has 0 N–H and O–H groups in total. The van der Waals surface area contributed by atoms with Crippen LogP contribution < -0.4 is 0 Å². The average Bonchev–Trinajstić information content (AvgIpc) is 4.08. The molecule has 54 heavy (non-hydrogen) atoms. The maximum Gasteiger partial charge on any atom is 0.0496 e. The van der Waals surface area contributed by atoms with Crippen molar-refractivity contribution in [2.45, 2.75) is 0 Å². The maximum absolute atomic E-state index is 2.41. The summed E-state index contributed by atoms with van der Waals surface area (Å²) in [5, 5.41) is 14.7. The molecule has 6 heterocycles. The number of hydrogen-bond acceptors (Lipinski definition) is 2. The number of thiophene rings is 2. The molecule has 0 aliphatic rings. The molecule has 0 saturated heterocycles. The molecule has 0 amide bonds. The summed E-state index contributed by atoms with van der Waals surface area (Å²) in [7, 11) is 8.81. The van der Waals surface area contributed by atoms with Crippen molar-refractivity contribution in [2.75, 3.05) is 0 Å². The second kappa shape index (κ2) is 10.8. The summed E-state index contributed by atoms with van der Waals surface area (Å²) in [4.78, 5) is 2.61. The lowest BCUT2D eigenvalue weighted by Gasteiger charge is -2.05. The molecule has 6 aromatic carbocycles. The highest BCUT2D eigenvalue weighted by Gasteiger charge is 2.18. The molecule has 0 saturated carbocycles. The van der Waals surface area contributed by atoms with Gasteiger partial charge >= 0.3 is 0 Å². The third-order valence-electron chi connectivity index (χ3n) is 12.2. The lowest BCUT2D eigenvalue weighted by Crippen LogP contribution is -1.88. The van der Waals surface area contributed by atoms with Gasteiger partial charge in [0.15, 0.2) is 0 Å². The van der Waals surface area contributed by atoms with Crippen molar-refractivity contribution in [1.82, 2.24) is 18.3 Å². The van der Waals surface area contributed by atoms with Crippen molar-refractivity contribution < 1.29 is 0 Å². The number of aryl methyl sites for hydroxylation is 4. The van der Waals surface area contributed by atoms with E-state index in [1.807, 2.05) is 0 Å². The van der Waals surface area contributed by atoms with Crippen molar-refractivity contribution in [3.63, 3.8) is 0 Å². The van der Waals surface area contributed by atoms with E-state index < -0.39 is 0 Å². The minimum Gasteiger partial charge on any atom is -0.344 e. The number of benzene rings is 6. The van der Waals surface area contributed by atoms with Crippen LogP contribution in [0.2, 0.25) is 0 Å². The third-order valence-corrected chi connectivity index (χ3v) is 14.0. The van der Waals surface area contributed by atoms with E-state index in [1.165, 1.54) is 119 Å². The topological polar surface area (TPSA) is 19.7 Å². The fraction of sp³-hybridized carbons (Fsp3) is 0.0833. The Labute approximate surface area is 318 Å². The van der Waals surface area contributed by atoms with Gasteiger partial charge in [0.05, 0.1) is 0 Å². The van der Waals surface area contributed by atoms with Crippen LogP contribution in [0.15, 0.2) is 132 Å². The SMILES string of the molecule is Cn1c2ccc(-c3ccc4c(c3)c3cc5c(cc3n4C)c3cc(-c4cccs4)ccc3n5C)cc2c2cc3c(cc21)c1cc(-c2cccs2)ccc1n3C. The summed E-state index contributed by atoms with van der Waals surface area (Å²) in [6.45, 7) is 0. The van der Waals surface area contributed by atoms with E-state index in [-0.39, 0.29) is 0 Å². The summed E-state index contributed by atoms with van der Waals surface area (Å²) in [5.41, 5.74) is 15.1. The molecule has 0 spiro atoms. The molecular formula is C48H34N4S2. The van der Waals surface area contributed by atoms with Crippen LogP contribution in [-0.4, -0.2) is 18.3 Å². The Kier molecular flexibility index (Phi) is 6.05. The van der Waals surface area contributed by atoms with E-state index in [0.717, 1.165) is 0 Å². The molecule has 6 heteroatoms. The second-order valence-electron chi connectivity index (χ2n) is 14.9. The highest BCUT2D eigenvalue weighted by atomic mass is 32.1. The summed E-state index contributed by atoms with van der Waals surface area (Å²) < 4.78 is 9.44. The van der Waals surface area contributed by atoms with Gasteiger partial charge in [0.1, 0.15) is 0 Å². The van der Waals surface area contributed by atoms with Gasteiger partial charge in [-0.2, -0.15) is 0 Å². The highest BCUT2D eigenvalue weighted by Crippen LogP contribution is 2.42. The first-order valence-corrected chi connectivity index (χ1v) is 20.1. The van der Waals surface area contributed by atoms with Crippen LogP contribution >= 0.6 is 22.7 Å². The molecule has 0 aliphatic heterocycles. The largest absolute Gasteiger partial charge is 0.344 e. The zero-order valence-corrected chi connectivity index (χ0v) is 31.9. The summed E-state index contributed by atoms with van der Waals surface area (Å²) in [6.07, 6.45) is 0. The molecule has 12 rings (SSSR count). The Morgan fingerprint density at radius 2 is 0.574 bits per heavy atom. The van der Waals surface area contributed by atoms with Gasteiger partial charge in [0.2, 0.25) is 0 Å². The first-order chi connectivity index (χ1) is 26.4. The molecule has 258 valence electrons. The van der Waals surface area contributed by atoms with Crippen molar-refractivity contribution >= 4 is 110 Å². The van der Waals surface area contributed by atoms with Gasteiger partial charge in [-0.3, -0.25) is 0 Å². The fourth-order valence-corrected chi connectivity index (χ4v) is 10.8. The normalized spacial score (nSPS) is 12.4. The maximum atomic E-state index is 2.41. The first kappa shape index (κ1) is 30.4. The minimum absolute atomic E-state index is 1.23. The van der Waals surface area contributed by atoms with Gasteiger partial charge in [0.25, 0.3) is 0 Å². The molecular weight excluding hydrogens is 697 g/mol. The smallest absolute Gasteiger partial charge is 0.0496 e. The lowest BCUT2D eigenvalue weighted by molar-refractivity contribution is 1.01. The Bertz CT molecular complexity index is 3290. The molecule has 0 atom stereocenters. The molecule has 4 nitrogen and oxygen atoms in total. The molecule has 0 unspecified atom stereocenters. The monoisotopic (exact) mass is 730 g/mol. The predicted molar refractivity (Wildman–Crippen MR) is 234 cm³/mol. The summed E-state index contributed by atoms with van der Waals surface area (Å²) >= 11 is 3.59. The number of hydrogen-bond donors (Lipinski definition) is 0. The van der Waals surface area contributed by atoms with E-state index >= 15 is 0 Å². The Balaban J connectivity index is 1.02. The van der Waals surface area contributed by atoms with Crippen LogP contribution in [-0.2, 0) is 28.2 Å². The van der Waals surface area contributed by atoms with E-state index in [0.29, 0.717) is 0 Å². The van der Waals surface area contributed by atoms with Crippen molar-refractivity contribution in [3.05, 3.63) is 132 Å². The lowest BCUT2D eigenvalue weighted by atomic mass is 10.00. The Morgan fingerprint density at radius 1 is 0.296 bits per heavy atom. The third kappa shape index (κ3) is 4.01. The van der Waals surface area contributed by atoms with Gasteiger partial charge in [-0.25, -0.2) is 0 Å². The summed E-state index contributed by atoms with van der Waals surface area (Å²) in [6, 6.07) is 46.1. The molecule has 12 aromatic rings. The zero-order chi connectivity index (χ0) is 36.0. The van der Waals surface area contributed by atoms with Gasteiger partial charge < -0.3 is 18.3 Å².